The van der Waals surface area contributed by atoms with Gasteiger partial charge in [0.15, 0.2) is 0 Å². The second kappa shape index (κ2) is 5.50. The van der Waals surface area contributed by atoms with Crippen molar-refractivity contribution in [1.29, 1.82) is 0 Å². The van der Waals surface area contributed by atoms with Crippen molar-refractivity contribution in [3.63, 3.8) is 0 Å². The highest BCUT2D eigenvalue weighted by molar-refractivity contribution is 5.86. The van der Waals surface area contributed by atoms with Gasteiger partial charge in [0.25, 0.3) is 0 Å². The molecule has 2 aromatic heterocycles. The van der Waals surface area contributed by atoms with E-state index in [1.807, 2.05) is 23.7 Å². The molecule has 0 saturated carbocycles. The summed E-state index contributed by atoms with van der Waals surface area (Å²) in [5.74, 6) is 0.514. The predicted molar refractivity (Wildman–Crippen MR) is 86.2 cm³/mol. The molecule has 0 spiro atoms. The van der Waals surface area contributed by atoms with E-state index in [1.165, 1.54) is 0 Å². The number of aromatic nitrogens is 4. The van der Waals surface area contributed by atoms with E-state index in [2.05, 4.69) is 45.0 Å². The molecular formula is C17H19N5. The molecule has 0 aliphatic carbocycles. The maximum absolute atomic E-state index is 4.68. The zero-order valence-electron chi connectivity index (χ0n) is 12.7. The van der Waals surface area contributed by atoms with Gasteiger partial charge in [-0.05, 0) is 45.0 Å². The fourth-order valence-corrected chi connectivity index (χ4v) is 3.11. The molecule has 1 fully saturated rings. The number of fused-ring (bicyclic) bond motifs is 1. The number of pyridine rings is 1. The van der Waals surface area contributed by atoms with Crippen molar-refractivity contribution < 1.29 is 0 Å². The summed E-state index contributed by atoms with van der Waals surface area (Å²) in [6.07, 6.45) is 4.33. The summed E-state index contributed by atoms with van der Waals surface area (Å²) in [5, 5.41) is 13.3. The fourth-order valence-electron chi connectivity index (χ4n) is 3.11. The van der Waals surface area contributed by atoms with Crippen molar-refractivity contribution in [2.75, 3.05) is 13.1 Å². The number of rotatable bonds is 2. The van der Waals surface area contributed by atoms with Crippen LogP contribution in [0.2, 0.25) is 0 Å². The molecule has 0 bridgehead atoms. The first-order valence-electron chi connectivity index (χ1n) is 7.81. The second-order valence-electron chi connectivity index (χ2n) is 5.91. The third-order valence-electron chi connectivity index (χ3n) is 4.35. The van der Waals surface area contributed by atoms with Gasteiger partial charge < -0.3 is 5.32 Å². The van der Waals surface area contributed by atoms with Crippen LogP contribution in [0.25, 0.3) is 16.6 Å². The summed E-state index contributed by atoms with van der Waals surface area (Å²) in [5.41, 5.74) is 4.07. The first kappa shape index (κ1) is 13.4. The van der Waals surface area contributed by atoms with Crippen LogP contribution in [0.15, 0.2) is 36.5 Å². The summed E-state index contributed by atoms with van der Waals surface area (Å²) in [7, 11) is 0. The Morgan fingerprint density at radius 2 is 2.00 bits per heavy atom. The van der Waals surface area contributed by atoms with E-state index < -0.39 is 0 Å². The molecule has 22 heavy (non-hydrogen) atoms. The van der Waals surface area contributed by atoms with Crippen LogP contribution in [0, 0.1) is 6.92 Å². The zero-order valence-corrected chi connectivity index (χ0v) is 12.7. The van der Waals surface area contributed by atoms with Gasteiger partial charge in [-0.25, -0.2) is 4.68 Å². The van der Waals surface area contributed by atoms with Crippen LogP contribution in [0.4, 0.5) is 0 Å². The minimum absolute atomic E-state index is 0.514. The molecule has 1 saturated heterocycles. The topological polar surface area (TPSA) is 55.6 Å². The molecule has 3 heterocycles. The van der Waals surface area contributed by atoms with Crippen LogP contribution in [-0.4, -0.2) is 33.1 Å². The number of hydrogen-bond donors (Lipinski definition) is 1. The zero-order chi connectivity index (χ0) is 14.9. The van der Waals surface area contributed by atoms with Crippen molar-refractivity contribution in [1.82, 2.24) is 25.3 Å². The smallest absolute Gasteiger partial charge is 0.0962 e. The summed E-state index contributed by atoms with van der Waals surface area (Å²) in [6.45, 7) is 4.14. The third kappa shape index (κ3) is 2.37. The Morgan fingerprint density at radius 1 is 1.14 bits per heavy atom. The van der Waals surface area contributed by atoms with Crippen LogP contribution in [0.1, 0.15) is 30.1 Å². The molecule has 1 N–H and O–H groups in total. The normalized spacial score (nSPS) is 16.2. The van der Waals surface area contributed by atoms with Gasteiger partial charge in [-0.3, -0.25) is 4.98 Å². The highest BCUT2D eigenvalue weighted by Gasteiger charge is 2.19. The lowest BCUT2D eigenvalue weighted by molar-refractivity contribution is 0.453. The number of hydrogen-bond acceptors (Lipinski definition) is 4. The van der Waals surface area contributed by atoms with Crippen molar-refractivity contribution >= 4 is 10.9 Å². The lowest BCUT2D eigenvalue weighted by Crippen LogP contribution is -2.26. The SMILES string of the molecule is Cc1ccc2cccc(-n3cc(C4CCNCC4)nn3)c2n1. The van der Waals surface area contributed by atoms with Gasteiger partial charge in [0, 0.05) is 17.0 Å². The van der Waals surface area contributed by atoms with Gasteiger partial charge in [0.05, 0.1) is 23.1 Å². The Bertz CT molecular complexity index is 802. The minimum Gasteiger partial charge on any atom is -0.317 e. The fraction of sp³-hybridized carbons (Fsp3) is 0.353. The van der Waals surface area contributed by atoms with Crippen LogP contribution in [0.5, 0.6) is 0 Å². The highest BCUT2D eigenvalue weighted by Crippen LogP contribution is 2.25. The molecule has 1 aromatic carbocycles. The first-order valence-corrected chi connectivity index (χ1v) is 7.81. The largest absolute Gasteiger partial charge is 0.317 e. The molecule has 5 nitrogen and oxygen atoms in total. The number of piperidine rings is 1. The summed E-state index contributed by atoms with van der Waals surface area (Å²) < 4.78 is 1.87. The van der Waals surface area contributed by atoms with E-state index in [0.29, 0.717) is 5.92 Å². The van der Waals surface area contributed by atoms with Crippen molar-refractivity contribution in [3.05, 3.63) is 47.9 Å². The Kier molecular flexibility index (Phi) is 3.35. The highest BCUT2D eigenvalue weighted by atomic mass is 15.4. The van der Waals surface area contributed by atoms with Gasteiger partial charge >= 0.3 is 0 Å². The van der Waals surface area contributed by atoms with Crippen molar-refractivity contribution in [2.24, 2.45) is 0 Å². The van der Waals surface area contributed by atoms with E-state index in [1.54, 1.807) is 0 Å². The maximum Gasteiger partial charge on any atom is 0.0962 e. The second-order valence-corrected chi connectivity index (χ2v) is 5.91. The third-order valence-corrected chi connectivity index (χ3v) is 4.35. The average molecular weight is 293 g/mol. The quantitative estimate of drug-likeness (QED) is 0.789. The Balaban J connectivity index is 1.76. The van der Waals surface area contributed by atoms with Crippen LogP contribution in [-0.2, 0) is 0 Å². The van der Waals surface area contributed by atoms with E-state index in [9.17, 15) is 0 Å². The van der Waals surface area contributed by atoms with Crippen molar-refractivity contribution in [2.45, 2.75) is 25.7 Å². The van der Waals surface area contributed by atoms with Gasteiger partial charge in [0.1, 0.15) is 0 Å². The van der Waals surface area contributed by atoms with Crippen LogP contribution in [0.3, 0.4) is 0 Å². The Hall–Kier alpha value is -2.27. The molecule has 1 aliphatic rings. The van der Waals surface area contributed by atoms with Crippen LogP contribution >= 0.6 is 0 Å². The van der Waals surface area contributed by atoms with E-state index in [4.69, 9.17) is 0 Å². The van der Waals surface area contributed by atoms with Crippen LogP contribution < -0.4 is 5.32 Å². The van der Waals surface area contributed by atoms with Gasteiger partial charge in [-0.15, -0.1) is 5.10 Å². The summed E-state index contributed by atoms with van der Waals surface area (Å²) >= 11 is 0. The monoisotopic (exact) mass is 293 g/mol. The number of benzene rings is 1. The van der Waals surface area contributed by atoms with E-state index in [0.717, 1.165) is 53.9 Å². The van der Waals surface area contributed by atoms with Gasteiger partial charge in [0.2, 0.25) is 0 Å². The summed E-state index contributed by atoms with van der Waals surface area (Å²) in [4.78, 5) is 4.68. The standard InChI is InChI=1S/C17H19N5/c1-12-5-6-14-3-2-4-16(17(14)19-12)22-11-15(20-21-22)13-7-9-18-10-8-13/h2-6,11,13,18H,7-10H2,1H3. The summed E-state index contributed by atoms with van der Waals surface area (Å²) in [6, 6.07) is 10.3. The predicted octanol–water partition coefficient (Wildman–Crippen LogP) is 2.59. The molecule has 5 heteroatoms. The number of nitrogens with one attached hydrogen (secondary N) is 1. The molecule has 112 valence electrons. The lowest BCUT2D eigenvalue weighted by Gasteiger charge is -2.20. The molecule has 0 amide bonds. The maximum atomic E-state index is 4.68. The molecule has 0 unspecified atom stereocenters. The number of aryl methyl sites for hydroxylation is 1. The van der Waals surface area contributed by atoms with Gasteiger partial charge in [-0.2, -0.15) is 0 Å². The molecular weight excluding hydrogens is 274 g/mol. The Labute approximate surface area is 129 Å². The number of para-hydroxylation sites is 1. The van der Waals surface area contributed by atoms with Crippen molar-refractivity contribution in [3.8, 4) is 5.69 Å². The Morgan fingerprint density at radius 3 is 2.86 bits per heavy atom. The lowest BCUT2D eigenvalue weighted by atomic mass is 9.95. The van der Waals surface area contributed by atoms with Gasteiger partial charge in [-0.1, -0.05) is 23.4 Å². The van der Waals surface area contributed by atoms with E-state index in [-0.39, 0.29) is 0 Å². The molecule has 0 atom stereocenters. The molecule has 1 aliphatic heterocycles. The first-order chi connectivity index (χ1) is 10.8. The minimum atomic E-state index is 0.514. The molecule has 0 radical (unpaired) electrons. The number of nitrogens with zero attached hydrogens (tertiary/aromatic N) is 4. The molecule has 3 aromatic rings. The average Bonchev–Trinajstić information content (AvgIpc) is 3.05. The molecule has 4 rings (SSSR count). The van der Waals surface area contributed by atoms with E-state index >= 15 is 0 Å².